The van der Waals surface area contributed by atoms with Crippen LogP contribution >= 0.6 is 11.6 Å². The molecule has 0 aliphatic carbocycles. The Hall–Kier alpha value is -1.64. The largest absolute Gasteiger partial charge is 0.480 e. The summed E-state index contributed by atoms with van der Waals surface area (Å²) in [5.74, 6) is -2.19. The number of carboxylic acid groups (broad SMARTS) is 1. The summed E-state index contributed by atoms with van der Waals surface area (Å²) in [6, 6.07) is 3.56. The van der Waals surface area contributed by atoms with Crippen LogP contribution in [0.15, 0.2) is 23.1 Å². The number of esters is 1. The molecule has 1 aromatic rings. The second kappa shape index (κ2) is 6.21. The molecule has 0 heterocycles. The first kappa shape index (κ1) is 16.4. The van der Waals surface area contributed by atoms with E-state index in [-0.39, 0.29) is 15.5 Å². The zero-order valence-electron chi connectivity index (χ0n) is 10.7. The van der Waals surface area contributed by atoms with Crippen molar-refractivity contribution >= 4 is 33.6 Å². The van der Waals surface area contributed by atoms with Gasteiger partial charge in [0.2, 0.25) is 10.0 Å². The van der Waals surface area contributed by atoms with Gasteiger partial charge in [0, 0.05) is 12.1 Å². The molecule has 0 aromatic heterocycles. The fourth-order valence-electron chi connectivity index (χ4n) is 1.44. The minimum Gasteiger partial charge on any atom is -0.480 e. The second-order valence-corrected chi connectivity index (χ2v) is 6.24. The Balaban J connectivity index is 3.38. The van der Waals surface area contributed by atoms with Crippen molar-refractivity contribution in [3.63, 3.8) is 0 Å². The molecule has 1 rings (SSSR count). The van der Waals surface area contributed by atoms with E-state index in [1.165, 1.54) is 6.07 Å². The number of carbonyl (C=O) groups is 2. The zero-order valence-corrected chi connectivity index (χ0v) is 12.2. The van der Waals surface area contributed by atoms with Crippen molar-refractivity contribution in [2.24, 2.45) is 0 Å². The highest BCUT2D eigenvalue weighted by Gasteiger charge is 2.28. The van der Waals surface area contributed by atoms with Gasteiger partial charge in [-0.3, -0.25) is 4.79 Å². The molecule has 0 fully saturated rings. The van der Waals surface area contributed by atoms with Gasteiger partial charge in [-0.25, -0.2) is 13.2 Å². The normalized spacial score (nSPS) is 11.4. The van der Waals surface area contributed by atoms with Gasteiger partial charge in [0.1, 0.15) is 6.54 Å². The van der Waals surface area contributed by atoms with Gasteiger partial charge in [-0.15, -0.1) is 0 Å². The third kappa shape index (κ3) is 3.47. The predicted molar refractivity (Wildman–Crippen MR) is 70.2 cm³/mol. The van der Waals surface area contributed by atoms with Crippen molar-refractivity contribution in [1.82, 2.24) is 4.31 Å². The maximum absolute atomic E-state index is 12.2. The lowest BCUT2D eigenvalue weighted by atomic mass is 10.2. The third-order valence-corrected chi connectivity index (χ3v) is 4.49. The van der Waals surface area contributed by atoms with Crippen LogP contribution in [0, 0.1) is 0 Å². The van der Waals surface area contributed by atoms with Gasteiger partial charge >= 0.3 is 11.9 Å². The molecule has 0 saturated heterocycles. The van der Waals surface area contributed by atoms with Crippen molar-refractivity contribution in [2.75, 3.05) is 20.7 Å². The van der Waals surface area contributed by atoms with Gasteiger partial charge in [0.05, 0.1) is 17.6 Å². The van der Waals surface area contributed by atoms with Gasteiger partial charge in [0.25, 0.3) is 0 Å². The molecule has 7 nitrogen and oxygen atoms in total. The first-order valence-corrected chi connectivity index (χ1v) is 7.08. The summed E-state index contributed by atoms with van der Waals surface area (Å²) >= 11 is 5.72. The number of rotatable bonds is 5. The lowest BCUT2D eigenvalue weighted by molar-refractivity contribution is -0.137. The smallest absolute Gasteiger partial charge is 0.339 e. The van der Waals surface area contributed by atoms with Crippen molar-refractivity contribution in [3.8, 4) is 0 Å². The summed E-state index contributed by atoms with van der Waals surface area (Å²) in [5, 5.41) is 8.80. The molecule has 20 heavy (non-hydrogen) atoms. The zero-order chi connectivity index (χ0) is 15.5. The number of hydrogen-bond donors (Lipinski definition) is 1. The van der Waals surface area contributed by atoms with Crippen LogP contribution in [0.4, 0.5) is 0 Å². The Morgan fingerprint density at radius 1 is 1.40 bits per heavy atom. The Bertz CT molecular complexity index is 642. The van der Waals surface area contributed by atoms with E-state index in [4.69, 9.17) is 16.7 Å². The average Bonchev–Trinajstić information content (AvgIpc) is 2.36. The number of carboxylic acids is 1. The molecule has 0 aliphatic rings. The number of carbonyl (C=O) groups excluding carboxylic acids is 1. The Morgan fingerprint density at radius 3 is 2.50 bits per heavy atom. The quantitative estimate of drug-likeness (QED) is 0.806. The van der Waals surface area contributed by atoms with Crippen LogP contribution in [0.3, 0.4) is 0 Å². The molecule has 0 saturated carbocycles. The maximum atomic E-state index is 12.2. The van der Waals surface area contributed by atoms with E-state index >= 15 is 0 Å². The summed E-state index contributed by atoms with van der Waals surface area (Å²) in [5.41, 5.74) is -0.253. The van der Waals surface area contributed by atoms with Crippen molar-refractivity contribution < 1.29 is 27.9 Å². The molecular weight excluding hydrogens is 310 g/mol. The van der Waals surface area contributed by atoms with Gasteiger partial charge in [0.15, 0.2) is 0 Å². The highest BCUT2D eigenvalue weighted by Crippen LogP contribution is 2.23. The van der Waals surface area contributed by atoms with E-state index in [1.807, 2.05) is 0 Å². The lowest BCUT2D eigenvalue weighted by Crippen LogP contribution is -2.33. The average molecular weight is 322 g/mol. The fourth-order valence-corrected chi connectivity index (χ4v) is 2.89. The van der Waals surface area contributed by atoms with Crippen LogP contribution in [0.1, 0.15) is 10.4 Å². The second-order valence-electron chi connectivity index (χ2n) is 3.79. The molecule has 110 valence electrons. The van der Waals surface area contributed by atoms with Crippen molar-refractivity contribution in [3.05, 3.63) is 28.8 Å². The van der Waals surface area contributed by atoms with Crippen LogP contribution in [-0.2, 0) is 19.6 Å². The predicted octanol–water partition coefficient (Wildman–Crippen LogP) is 0.832. The molecule has 0 unspecified atom stereocenters. The number of aliphatic carboxylic acids is 1. The topological polar surface area (TPSA) is 101 Å². The van der Waals surface area contributed by atoms with Crippen LogP contribution in [0.2, 0.25) is 5.02 Å². The Labute approximate surface area is 120 Å². The number of sulfonamides is 1. The first-order valence-electron chi connectivity index (χ1n) is 5.26. The summed E-state index contributed by atoms with van der Waals surface area (Å²) in [6.45, 7) is -0.731. The molecule has 9 heteroatoms. The number of nitrogens with zero attached hydrogens (tertiary/aromatic N) is 1. The Morgan fingerprint density at radius 2 is 2.00 bits per heavy atom. The number of likely N-dealkylation sites (N-methyl/N-ethyl adjacent to an activating group) is 1. The minimum atomic E-state index is -4.14. The van der Waals surface area contributed by atoms with Crippen LogP contribution in [0.25, 0.3) is 0 Å². The summed E-state index contributed by atoms with van der Waals surface area (Å²) in [7, 11) is -1.95. The van der Waals surface area contributed by atoms with Gasteiger partial charge in [-0.1, -0.05) is 11.6 Å². The highest BCUT2D eigenvalue weighted by atomic mass is 35.5. The van der Waals surface area contributed by atoms with Crippen molar-refractivity contribution in [2.45, 2.75) is 4.90 Å². The first-order chi connectivity index (χ1) is 9.20. The monoisotopic (exact) mass is 321 g/mol. The minimum absolute atomic E-state index is 0.158. The van der Waals surface area contributed by atoms with E-state index < -0.39 is 28.5 Å². The summed E-state index contributed by atoms with van der Waals surface area (Å²) < 4.78 is 29.6. The van der Waals surface area contributed by atoms with Gasteiger partial charge < -0.3 is 9.84 Å². The van der Waals surface area contributed by atoms with Crippen LogP contribution in [0.5, 0.6) is 0 Å². The SMILES string of the molecule is COC(=O)c1cc(Cl)ccc1S(=O)(=O)N(C)CC(=O)O. The molecular formula is C11H12ClNO6S. The van der Waals surface area contributed by atoms with Crippen LogP contribution in [-0.4, -0.2) is 50.5 Å². The van der Waals surface area contributed by atoms with E-state index in [0.29, 0.717) is 4.31 Å². The summed E-state index contributed by atoms with van der Waals surface area (Å²) in [6.07, 6.45) is 0. The van der Waals surface area contributed by atoms with E-state index in [2.05, 4.69) is 4.74 Å². The van der Waals surface area contributed by atoms with Gasteiger partial charge in [-0.05, 0) is 18.2 Å². The maximum Gasteiger partial charge on any atom is 0.339 e. The summed E-state index contributed by atoms with van der Waals surface area (Å²) in [4.78, 5) is 21.8. The number of hydrogen-bond acceptors (Lipinski definition) is 5. The molecule has 0 aliphatic heterocycles. The molecule has 0 bridgehead atoms. The third-order valence-electron chi connectivity index (χ3n) is 2.39. The highest BCUT2D eigenvalue weighted by molar-refractivity contribution is 7.89. The standard InChI is InChI=1S/C11H12ClNO6S/c1-13(6-10(14)15)20(17,18)9-4-3-7(12)5-8(9)11(16)19-2/h3-5H,6H2,1-2H3,(H,14,15). The lowest BCUT2D eigenvalue weighted by Gasteiger charge is -2.17. The number of methoxy groups -OCH3 is 1. The van der Waals surface area contributed by atoms with E-state index in [9.17, 15) is 18.0 Å². The van der Waals surface area contributed by atoms with E-state index in [1.54, 1.807) is 0 Å². The molecule has 1 N–H and O–H groups in total. The van der Waals surface area contributed by atoms with Crippen molar-refractivity contribution in [1.29, 1.82) is 0 Å². The van der Waals surface area contributed by atoms with Crippen LogP contribution < -0.4 is 0 Å². The molecule has 1 aromatic carbocycles. The number of benzene rings is 1. The molecule has 0 radical (unpaired) electrons. The number of halogens is 1. The molecule has 0 spiro atoms. The fraction of sp³-hybridized carbons (Fsp3) is 0.273. The number of ether oxygens (including phenoxy) is 1. The Kier molecular flexibility index (Phi) is 5.09. The van der Waals surface area contributed by atoms with Gasteiger partial charge in [-0.2, -0.15) is 4.31 Å². The van der Waals surface area contributed by atoms with E-state index in [0.717, 1.165) is 26.3 Å². The molecule has 0 atom stereocenters. The molecule has 0 amide bonds.